The third kappa shape index (κ3) is 65.8. The minimum absolute atomic E-state index is 0.104. The Morgan fingerprint density at radius 1 is 0.301 bits per heavy atom. The van der Waals surface area contributed by atoms with Crippen molar-refractivity contribution in [3.05, 3.63) is 0 Å². The molecule has 0 fully saturated rings. The van der Waals surface area contributed by atoms with E-state index < -0.39 is 97.5 Å². The Morgan fingerprint density at radius 3 is 0.763 bits per heavy atom. The number of phosphoric ester groups is 2. The molecule has 0 aromatic rings. The first-order valence-corrected chi connectivity index (χ1v) is 41.3. The Balaban J connectivity index is 5.23. The van der Waals surface area contributed by atoms with Gasteiger partial charge in [-0.05, 0) is 49.4 Å². The maximum Gasteiger partial charge on any atom is 0.472 e. The van der Waals surface area contributed by atoms with Crippen molar-refractivity contribution in [2.45, 2.75) is 388 Å². The van der Waals surface area contributed by atoms with Gasteiger partial charge < -0.3 is 33.8 Å². The molecular formula is C74H144O17P2. The largest absolute Gasteiger partial charge is 0.472 e. The topological polar surface area (TPSA) is 237 Å². The van der Waals surface area contributed by atoms with E-state index in [9.17, 15) is 43.2 Å². The van der Waals surface area contributed by atoms with Crippen LogP contribution in [-0.4, -0.2) is 96.7 Å². The number of unbranched alkanes of at least 4 members (excludes halogenated alkanes) is 35. The van der Waals surface area contributed by atoms with Crippen molar-refractivity contribution in [2.24, 2.45) is 23.7 Å². The standard InChI is InChI=1S/C74H144O17P2/c1-9-66(7)52-44-36-28-21-24-32-40-48-56-73(78)90-69(60-84-71(76)54-46-38-30-19-17-15-13-11-12-14-16-18-26-34-42-50-64(3)4)62-88-92(80,81)86-58-68(75)59-87-93(82,83)89-63-70(61-85-72(77)55-47-39-31-23-20-27-35-43-51-65(5)6)91-74(79)57-49-41-33-25-22-29-37-45-53-67(8)10-2/h64-70,75H,9-63H2,1-8H3,(H,80,81)(H,82,83)/t66?,67?,68?,69-,70-/m1/s1. The van der Waals surface area contributed by atoms with Gasteiger partial charge in [-0.15, -0.1) is 0 Å². The summed E-state index contributed by atoms with van der Waals surface area (Å²) in [6.07, 6.45) is 47.2. The molecule has 0 aliphatic carbocycles. The highest BCUT2D eigenvalue weighted by Gasteiger charge is 2.30. The smallest absolute Gasteiger partial charge is 0.462 e. The summed E-state index contributed by atoms with van der Waals surface area (Å²) in [6.45, 7) is 14.2. The quantitative estimate of drug-likeness (QED) is 0.0222. The van der Waals surface area contributed by atoms with Crippen LogP contribution in [-0.2, 0) is 65.4 Å². The minimum atomic E-state index is -4.96. The SMILES string of the molecule is CCC(C)CCCCCCCCCCC(=O)O[C@H](COC(=O)CCCCCCCCCCCCCCCCCC(C)C)COP(=O)(O)OCC(O)COP(=O)(O)OC[C@@H](COC(=O)CCCCCCCCCCC(C)C)OC(=O)CCCCCCCCCCC(C)CC. The van der Waals surface area contributed by atoms with Gasteiger partial charge in [0.05, 0.1) is 26.4 Å². The third-order valence-electron chi connectivity index (χ3n) is 17.8. The number of esters is 4. The molecule has 0 heterocycles. The van der Waals surface area contributed by atoms with Crippen LogP contribution in [0.25, 0.3) is 0 Å². The lowest BCUT2D eigenvalue weighted by atomic mass is 9.99. The van der Waals surface area contributed by atoms with Crippen molar-refractivity contribution in [3.63, 3.8) is 0 Å². The molecule has 3 N–H and O–H groups in total. The van der Waals surface area contributed by atoms with E-state index in [2.05, 4.69) is 55.4 Å². The number of aliphatic hydroxyl groups excluding tert-OH is 1. The zero-order valence-electron chi connectivity index (χ0n) is 60.9. The molecule has 0 saturated heterocycles. The summed E-state index contributed by atoms with van der Waals surface area (Å²) in [5.74, 6) is 0.945. The van der Waals surface area contributed by atoms with Crippen LogP contribution < -0.4 is 0 Å². The van der Waals surface area contributed by atoms with Gasteiger partial charge >= 0.3 is 39.5 Å². The van der Waals surface area contributed by atoms with E-state index in [1.807, 2.05) is 0 Å². The van der Waals surface area contributed by atoms with Crippen molar-refractivity contribution in [2.75, 3.05) is 39.6 Å². The van der Waals surface area contributed by atoms with Gasteiger partial charge in [-0.1, -0.05) is 319 Å². The van der Waals surface area contributed by atoms with Crippen LogP contribution in [0.4, 0.5) is 0 Å². The van der Waals surface area contributed by atoms with Crippen LogP contribution >= 0.6 is 15.6 Å². The van der Waals surface area contributed by atoms with E-state index in [1.54, 1.807) is 0 Å². The molecule has 0 saturated carbocycles. The zero-order valence-corrected chi connectivity index (χ0v) is 62.7. The number of ether oxygens (including phenoxy) is 4. The molecule has 93 heavy (non-hydrogen) atoms. The molecule has 19 heteroatoms. The first-order valence-electron chi connectivity index (χ1n) is 38.3. The normalized spacial score (nSPS) is 14.8. The number of carbonyl (C=O) groups is 4. The predicted octanol–water partition coefficient (Wildman–Crippen LogP) is 21.3. The molecule has 552 valence electrons. The van der Waals surface area contributed by atoms with E-state index >= 15 is 0 Å². The number of carbonyl (C=O) groups excluding carboxylic acids is 4. The van der Waals surface area contributed by atoms with Gasteiger partial charge in [-0.25, -0.2) is 9.13 Å². The van der Waals surface area contributed by atoms with Gasteiger partial charge in [-0.2, -0.15) is 0 Å². The van der Waals surface area contributed by atoms with Crippen LogP contribution in [0.3, 0.4) is 0 Å². The minimum Gasteiger partial charge on any atom is -0.462 e. The van der Waals surface area contributed by atoms with E-state index in [4.69, 9.17) is 37.0 Å². The average Bonchev–Trinajstić information content (AvgIpc) is 1.72. The molecule has 17 nitrogen and oxygen atoms in total. The summed E-state index contributed by atoms with van der Waals surface area (Å²) in [7, 11) is -9.91. The Morgan fingerprint density at radius 2 is 0.516 bits per heavy atom. The lowest BCUT2D eigenvalue weighted by Gasteiger charge is -2.21. The van der Waals surface area contributed by atoms with Gasteiger partial charge in [0.15, 0.2) is 12.2 Å². The summed E-state index contributed by atoms with van der Waals surface area (Å²) in [4.78, 5) is 72.7. The van der Waals surface area contributed by atoms with Gasteiger partial charge in [0.2, 0.25) is 0 Å². The molecule has 0 aliphatic rings. The van der Waals surface area contributed by atoms with Crippen LogP contribution in [0.1, 0.15) is 370 Å². The molecule has 7 atom stereocenters. The average molecular weight is 1370 g/mol. The lowest BCUT2D eigenvalue weighted by Crippen LogP contribution is -2.30. The Kier molecular flexibility index (Phi) is 62.2. The van der Waals surface area contributed by atoms with Crippen LogP contribution in [0.15, 0.2) is 0 Å². The fourth-order valence-electron chi connectivity index (χ4n) is 11.1. The summed E-state index contributed by atoms with van der Waals surface area (Å²) in [5, 5.41) is 10.6. The summed E-state index contributed by atoms with van der Waals surface area (Å²) in [6, 6.07) is 0. The lowest BCUT2D eigenvalue weighted by molar-refractivity contribution is -0.161. The Hall–Kier alpha value is -1.94. The fraction of sp³-hybridized carbons (Fsp3) is 0.946. The monoisotopic (exact) mass is 1370 g/mol. The van der Waals surface area contributed by atoms with Crippen molar-refractivity contribution >= 4 is 39.5 Å². The molecule has 0 aliphatic heterocycles. The van der Waals surface area contributed by atoms with E-state index in [0.717, 1.165) is 114 Å². The second-order valence-electron chi connectivity index (χ2n) is 28.1. The van der Waals surface area contributed by atoms with E-state index in [-0.39, 0.29) is 25.7 Å². The molecular weight excluding hydrogens is 1220 g/mol. The van der Waals surface area contributed by atoms with Gasteiger partial charge in [0, 0.05) is 25.7 Å². The summed E-state index contributed by atoms with van der Waals surface area (Å²) >= 11 is 0. The molecule has 0 aromatic carbocycles. The number of phosphoric acid groups is 2. The van der Waals surface area contributed by atoms with Crippen molar-refractivity contribution in [1.82, 2.24) is 0 Å². The second-order valence-corrected chi connectivity index (χ2v) is 31.0. The maximum atomic E-state index is 13.1. The van der Waals surface area contributed by atoms with Crippen LogP contribution in [0.5, 0.6) is 0 Å². The highest BCUT2D eigenvalue weighted by Crippen LogP contribution is 2.45. The predicted molar refractivity (Wildman–Crippen MR) is 377 cm³/mol. The van der Waals surface area contributed by atoms with Crippen molar-refractivity contribution in [3.8, 4) is 0 Å². The number of hydrogen-bond donors (Lipinski definition) is 3. The Labute approximate surface area is 568 Å². The van der Waals surface area contributed by atoms with Crippen molar-refractivity contribution < 1.29 is 80.2 Å². The van der Waals surface area contributed by atoms with E-state index in [0.29, 0.717) is 25.7 Å². The first-order chi connectivity index (χ1) is 44.7. The zero-order chi connectivity index (χ0) is 68.9. The summed E-state index contributed by atoms with van der Waals surface area (Å²) in [5.41, 5.74) is 0. The maximum absolute atomic E-state index is 13.1. The third-order valence-corrected chi connectivity index (χ3v) is 19.7. The number of hydrogen-bond acceptors (Lipinski definition) is 15. The number of aliphatic hydroxyl groups is 1. The van der Waals surface area contributed by atoms with Gasteiger partial charge in [0.1, 0.15) is 19.3 Å². The summed E-state index contributed by atoms with van der Waals surface area (Å²) < 4.78 is 68.4. The molecule has 0 bridgehead atoms. The Bertz CT molecular complexity index is 1840. The van der Waals surface area contributed by atoms with Crippen LogP contribution in [0, 0.1) is 23.7 Å². The molecule has 0 radical (unpaired) electrons. The molecule has 0 rings (SSSR count). The molecule has 5 unspecified atom stereocenters. The van der Waals surface area contributed by atoms with Crippen LogP contribution in [0.2, 0.25) is 0 Å². The molecule has 0 aromatic heterocycles. The van der Waals surface area contributed by atoms with Gasteiger partial charge in [0.25, 0.3) is 0 Å². The number of rotatable bonds is 71. The van der Waals surface area contributed by atoms with Crippen molar-refractivity contribution in [1.29, 1.82) is 0 Å². The highest BCUT2D eigenvalue weighted by atomic mass is 31.2. The second kappa shape index (κ2) is 63.5. The molecule has 0 amide bonds. The highest BCUT2D eigenvalue weighted by molar-refractivity contribution is 7.47. The first kappa shape index (κ1) is 91.1. The van der Waals surface area contributed by atoms with Gasteiger partial charge in [-0.3, -0.25) is 37.3 Å². The molecule has 0 spiro atoms. The van der Waals surface area contributed by atoms with E-state index in [1.165, 1.54) is 173 Å². The fourth-order valence-corrected chi connectivity index (χ4v) is 12.7.